The fourth-order valence-electron chi connectivity index (χ4n) is 5.37. The highest BCUT2D eigenvalue weighted by atomic mass is 16.5. The van der Waals surface area contributed by atoms with Crippen LogP contribution in [0.15, 0.2) is 84.9 Å². The first-order valence-corrected chi connectivity index (χ1v) is 10.7. The number of hydrogen-bond donors (Lipinski definition) is 1. The molecule has 31 heavy (non-hydrogen) atoms. The van der Waals surface area contributed by atoms with Crippen molar-refractivity contribution in [2.45, 2.75) is 30.8 Å². The lowest BCUT2D eigenvalue weighted by Gasteiger charge is -2.49. The molecule has 3 aromatic rings. The number of carboxylic acids is 1. The van der Waals surface area contributed by atoms with Crippen LogP contribution < -0.4 is 0 Å². The van der Waals surface area contributed by atoms with Gasteiger partial charge in [-0.2, -0.15) is 0 Å². The van der Waals surface area contributed by atoms with Crippen molar-refractivity contribution in [3.63, 3.8) is 0 Å². The molecular weight excluding hydrogens is 388 g/mol. The summed E-state index contributed by atoms with van der Waals surface area (Å²) in [6.45, 7) is 0. The van der Waals surface area contributed by atoms with Gasteiger partial charge in [-0.15, -0.1) is 0 Å². The highest BCUT2D eigenvalue weighted by Gasteiger charge is 2.59. The number of benzene rings is 3. The standard InChI is InChI=1S/C27H24O4/c28-26(29)24-22(17-9-3-1-4-10-17)25(23(24)18-11-5-2-6-12-18)27(30)31-21-15-19-13-7-8-14-20(19)16-21/h1-14,21-25H,15-16H2,(H,28,29)/t22-,23-,24-,25-/m1/s1. The molecule has 0 unspecified atom stereocenters. The van der Waals surface area contributed by atoms with Gasteiger partial charge in [0.1, 0.15) is 6.10 Å². The molecule has 1 fully saturated rings. The fourth-order valence-corrected chi connectivity index (χ4v) is 5.37. The lowest BCUT2D eigenvalue weighted by Crippen LogP contribution is -2.52. The molecule has 0 radical (unpaired) electrons. The van der Waals surface area contributed by atoms with E-state index in [0.717, 1.165) is 11.1 Å². The minimum atomic E-state index is -0.875. The summed E-state index contributed by atoms with van der Waals surface area (Å²) < 4.78 is 6.00. The first-order chi connectivity index (χ1) is 15.1. The van der Waals surface area contributed by atoms with Crippen LogP contribution in [0.3, 0.4) is 0 Å². The Balaban J connectivity index is 1.45. The van der Waals surface area contributed by atoms with Crippen LogP contribution in [-0.2, 0) is 27.2 Å². The molecule has 0 heterocycles. The van der Waals surface area contributed by atoms with E-state index >= 15 is 0 Å². The SMILES string of the molecule is O=C(O)[C@H]1[C@@H](c2ccccc2)[C@H](C(=O)OC2Cc3ccccc3C2)[C@@H]1c1ccccc1. The van der Waals surface area contributed by atoms with Crippen molar-refractivity contribution in [2.24, 2.45) is 11.8 Å². The maximum Gasteiger partial charge on any atom is 0.310 e. The van der Waals surface area contributed by atoms with Crippen LogP contribution >= 0.6 is 0 Å². The molecule has 5 rings (SSSR count). The van der Waals surface area contributed by atoms with Gasteiger partial charge in [-0.3, -0.25) is 9.59 Å². The van der Waals surface area contributed by atoms with Gasteiger partial charge < -0.3 is 9.84 Å². The van der Waals surface area contributed by atoms with Crippen molar-refractivity contribution in [1.29, 1.82) is 0 Å². The predicted molar refractivity (Wildman–Crippen MR) is 117 cm³/mol. The number of ether oxygens (including phenoxy) is 1. The Kier molecular flexibility index (Phi) is 5.06. The van der Waals surface area contributed by atoms with E-state index in [1.807, 2.05) is 72.8 Å². The fraction of sp³-hybridized carbons (Fsp3) is 0.259. The summed E-state index contributed by atoms with van der Waals surface area (Å²) in [4.78, 5) is 25.7. The lowest BCUT2D eigenvalue weighted by atomic mass is 9.52. The molecular formula is C27H24O4. The van der Waals surface area contributed by atoms with Crippen molar-refractivity contribution in [3.05, 3.63) is 107 Å². The molecule has 4 nitrogen and oxygen atoms in total. The van der Waals surface area contributed by atoms with Crippen molar-refractivity contribution in [3.8, 4) is 0 Å². The highest BCUT2D eigenvalue weighted by Crippen LogP contribution is 2.58. The first kappa shape index (κ1) is 19.6. The number of fused-ring (bicyclic) bond motifs is 1. The van der Waals surface area contributed by atoms with Gasteiger partial charge in [0.25, 0.3) is 0 Å². The van der Waals surface area contributed by atoms with Gasteiger partial charge in [0.2, 0.25) is 0 Å². The second kappa shape index (κ2) is 8.03. The Labute approximate surface area is 181 Å². The average Bonchev–Trinajstić information content (AvgIpc) is 3.16. The Bertz CT molecular complexity index is 1020. The van der Waals surface area contributed by atoms with Crippen LogP contribution in [0.2, 0.25) is 0 Å². The lowest BCUT2D eigenvalue weighted by molar-refractivity contribution is -0.167. The zero-order chi connectivity index (χ0) is 21.4. The Hall–Kier alpha value is -3.40. The molecule has 0 spiro atoms. The maximum absolute atomic E-state index is 13.5. The summed E-state index contributed by atoms with van der Waals surface area (Å²) in [6.07, 6.45) is 1.23. The van der Waals surface area contributed by atoms with Gasteiger partial charge in [-0.05, 0) is 22.3 Å². The molecule has 2 aliphatic rings. The molecule has 1 N–H and O–H groups in total. The third-order valence-corrected chi connectivity index (χ3v) is 6.77. The number of carboxylic acid groups (broad SMARTS) is 1. The van der Waals surface area contributed by atoms with Crippen LogP contribution in [0, 0.1) is 11.8 Å². The number of esters is 1. The summed E-state index contributed by atoms with van der Waals surface area (Å²) in [5.41, 5.74) is 4.19. The van der Waals surface area contributed by atoms with Crippen LogP contribution in [0.25, 0.3) is 0 Å². The van der Waals surface area contributed by atoms with Crippen LogP contribution in [-0.4, -0.2) is 23.1 Å². The van der Waals surface area contributed by atoms with Crippen molar-refractivity contribution >= 4 is 11.9 Å². The smallest absolute Gasteiger partial charge is 0.310 e. The van der Waals surface area contributed by atoms with E-state index in [4.69, 9.17) is 4.74 Å². The van der Waals surface area contributed by atoms with E-state index in [2.05, 4.69) is 12.1 Å². The molecule has 2 aliphatic carbocycles. The van der Waals surface area contributed by atoms with E-state index in [1.165, 1.54) is 11.1 Å². The molecule has 4 heteroatoms. The zero-order valence-corrected chi connectivity index (χ0v) is 17.1. The van der Waals surface area contributed by atoms with Gasteiger partial charge in [-0.1, -0.05) is 84.9 Å². The highest BCUT2D eigenvalue weighted by molar-refractivity contribution is 5.84. The Morgan fingerprint density at radius 1 is 0.677 bits per heavy atom. The topological polar surface area (TPSA) is 63.6 Å². The molecule has 0 amide bonds. The van der Waals surface area contributed by atoms with Gasteiger partial charge in [0.15, 0.2) is 0 Å². The molecule has 0 aliphatic heterocycles. The molecule has 0 bridgehead atoms. The molecule has 0 saturated heterocycles. The first-order valence-electron chi connectivity index (χ1n) is 10.7. The van der Waals surface area contributed by atoms with Gasteiger partial charge in [0.05, 0.1) is 11.8 Å². The Morgan fingerprint density at radius 2 is 1.13 bits per heavy atom. The third kappa shape index (κ3) is 3.52. The van der Waals surface area contributed by atoms with Gasteiger partial charge in [-0.25, -0.2) is 0 Å². The number of carbonyl (C=O) groups is 2. The molecule has 156 valence electrons. The second-order valence-corrected chi connectivity index (χ2v) is 8.50. The minimum Gasteiger partial charge on any atom is -0.481 e. The Morgan fingerprint density at radius 3 is 1.58 bits per heavy atom. The van der Waals surface area contributed by atoms with Crippen molar-refractivity contribution in [2.75, 3.05) is 0 Å². The van der Waals surface area contributed by atoms with E-state index in [-0.39, 0.29) is 12.1 Å². The van der Waals surface area contributed by atoms with Crippen molar-refractivity contribution in [1.82, 2.24) is 0 Å². The summed E-state index contributed by atoms with van der Waals surface area (Å²) in [5, 5.41) is 10.0. The summed E-state index contributed by atoms with van der Waals surface area (Å²) in [7, 11) is 0. The number of hydrogen-bond acceptors (Lipinski definition) is 3. The average molecular weight is 412 g/mol. The third-order valence-electron chi connectivity index (χ3n) is 6.77. The second-order valence-electron chi connectivity index (χ2n) is 8.50. The predicted octanol–water partition coefficient (Wildman–Crippen LogP) is 4.60. The monoisotopic (exact) mass is 412 g/mol. The largest absolute Gasteiger partial charge is 0.481 e. The van der Waals surface area contributed by atoms with Gasteiger partial charge >= 0.3 is 11.9 Å². The normalized spacial score (nSPS) is 24.8. The quantitative estimate of drug-likeness (QED) is 0.623. The van der Waals surface area contributed by atoms with E-state index < -0.39 is 29.6 Å². The minimum absolute atomic E-state index is 0.193. The summed E-state index contributed by atoms with van der Waals surface area (Å²) in [5.74, 6) is -3.16. The van der Waals surface area contributed by atoms with E-state index in [1.54, 1.807) is 0 Å². The number of rotatable bonds is 5. The van der Waals surface area contributed by atoms with E-state index in [0.29, 0.717) is 12.8 Å². The van der Waals surface area contributed by atoms with Crippen LogP contribution in [0.1, 0.15) is 34.1 Å². The maximum atomic E-state index is 13.5. The van der Waals surface area contributed by atoms with E-state index in [9.17, 15) is 14.7 Å². The number of aliphatic carboxylic acids is 1. The van der Waals surface area contributed by atoms with Crippen LogP contribution in [0.4, 0.5) is 0 Å². The molecule has 0 aromatic heterocycles. The number of carbonyl (C=O) groups excluding carboxylic acids is 1. The zero-order valence-electron chi connectivity index (χ0n) is 17.1. The summed E-state index contributed by atoms with van der Waals surface area (Å²) in [6, 6.07) is 27.2. The van der Waals surface area contributed by atoms with Crippen LogP contribution in [0.5, 0.6) is 0 Å². The molecule has 3 aromatic carbocycles. The molecule has 1 saturated carbocycles. The van der Waals surface area contributed by atoms with Gasteiger partial charge in [0, 0.05) is 24.7 Å². The molecule has 2 atom stereocenters. The van der Waals surface area contributed by atoms with Crippen molar-refractivity contribution < 1.29 is 19.4 Å². The summed E-state index contributed by atoms with van der Waals surface area (Å²) >= 11 is 0.